The number of hydrogen-bond donors (Lipinski definition) is 4. The Hall–Kier alpha value is -1.30. The molecule has 1 rings (SSSR count). The lowest BCUT2D eigenvalue weighted by Crippen LogP contribution is -2.45. The normalized spacial score (nSPS) is 22.8. The van der Waals surface area contributed by atoms with E-state index >= 15 is 0 Å². The summed E-state index contributed by atoms with van der Waals surface area (Å²) in [7, 11) is 0. The van der Waals surface area contributed by atoms with Crippen molar-refractivity contribution in [3.05, 3.63) is 0 Å². The van der Waals surface area contributed by atoms with Crippen LogP contribution in [0.25, 0.3) is 0 Å². The van der Waals surface area contributed by atoms with Crippen LogP contribution in [0.3, 0.4) is 0 Å². The summed E-state index contributed by atoms with van der Waals surface area (Å²) in [5.41, 5.74) is 0. The number of hydrogen-bond acceptors (Lipinski definition) is 3. The van der Waals surface area contributed by atoms with Crippen LogP contribution in [0.4, 0.5) is 4.79 Å². The maximum atomic E-state index is 11.6. The lowest BCUT2D eigenvalue weighted by atomic mass is 9.86. The van der Waals surface area contributed by atoms with Crippen LogP contribution in [-0.4, -0.2) is 42.8 Å². The number of amides is 2. The van der Waals surface area contributed by atoms with Crippen molar-refractivity contribution in [1.29, 1.82) is 0 Å². The van der Waals surface area contributed by atoms with Crippen LogP contribution in [0.5, 0.6) is 0 Å². The van der Waals surface area contributed by atoms with Crippen LogP contribution < -0.4 is 16.0 Å². The third kappa shape index (κ3) is 6.42. The van der Waals surface area contributed by atoms with Gasteiger partial charge in [0.2, 0.25) is 0 Å². The lowest BCUT2D eigenvalue weighted by molar-refractivity contribution is -0.143. The van der Waals surface area contributed by atoms with Gasteiger partial charge in [-0.3, -0.25) is 4.79 Å². The monoisotopic (exact) mass is 271 g/mol. The van der Waals surface area contributed by atoms with Gasteiger partial charge in [-0.05, 0) is 38.8 Å². The van der Waals surface area contributed by atoms with Gasteiger partial charge in [-0.2, -0.15) is 0 Å². The van der Waals surface area contributed by atoms with E-state index in [-0.39, 0.29) is 18.0 Å². The van der Waals surface area contributed by atoms with Gasteiger partial charge < -0.3 is 21.1 Å². The van der Waals surface area contributed by atoms with E-state index in [0.29, 0.717) is 13.0 Å². The summed E-state index contributed by atoms with van der Waals surface area (Å²) in [6.07, 6.45) is 3.89. The molecule has 19 heavy (non-hydrogen) atoms. The molecule has 0 aromatic rings. The number of carboxylic acids is 1. The number of aliphatic carboxylic acids is 1. The van der Waals surface area contributed by atoms with Crippen LogP contribution in [0.15, 0.2) is 0 Å². The fraction of sp³-hybridized carbons (Fsp3) is 0.846. The van der Waals surface area contributed by atoms with E-state index in [2.05, 4.69) is 16.0 Å². The molecule has 0 radical (unpaired) electrons. The summed E-state index contributed by atoms with van der Waals surface area (Å²) in [6.45, 7) is 4.50. The molecule has 2 atom stereocenters. The summed E-state index contributed by atoms with van der Waals surface area (Å²) < 4.78 is 0. The Morgan fingerprint density at radius 1 is 1.26 bits per heavy atom. The predicted molar refractivity (Wildman–Crippen MR) is 73.1 cm³/mol. The van der Waals surface area contributed by atoms with Crippen LogP contribution in [0.1, 0.15) is 39.0 Å². The highest BCUT2D eigenvalue weighted by atomic mass is 16.4. The number of carbonyl (C=O) groups is 2. The van der Waals surface area contributed by atoms with E-state index in [1.807, 2.05) is 6.92 Å². The second-order valence-electron chi connectivity index (χ2n) is 5.01. The third-order valence-corrected chi connectivity index (χ3v) is 3.42. The molecule has 1 fully saturated rings. The Bertz CT molecular complexity index is 297. The molecule has 1 saturated carbocycles. The molecular formula is C13H25N3O3. The SMILES string of the molecule is CCNCCCNC(=O)NC1CCCC(C(=O)O)C1. The zero-order chi connectivity index (χ0) is 14.1. The minimum atomic E-state index is -0.752. The van der Waals surface area contributed by atoms with Gasteiger partial charge in [-0.25, -0.2) is 4.79 Å². The Balaban J connectivity index is 2.15. The zero-order valence-electron chi connectivity index (χ0n) is 11.6. The van der Waals surface area contributed by atoms with Gasteiger partial charge >= 0.3 is 12.0 Å². The molecule has 2 amide bonds. The van der Waals surface area contributed by atoms with E-state index in [9.17, 15) is 9.59 Å². The third-order valence-electron chi connectivity index (χ3n) is 3.42. The number of nitrogens with one attached hydrogen (secondary N) is 3. The van der Waals surface area contributed by atoms with E-state index < -0.39 is 5.97 Å². The van der Waals surface area contributed by atoms with Gasteiger partial charge in [0, 0.05) is 12.6 Å². The highest BCUT2D eigenvalue weighted by molar-refractivity contribution is 5.74. The molecule has 0 bridgehead atoms. The first-order chi connectivity index (χ1) is 9.13. The molecule has 0 saturated heterocycles. The molecule has 6 nitrogen and oxygen atoms in total. The maximum Gasteiger partial charge on any atom is 0.315 e. The fourth-order valence-electron chi connectivity index (χ4n) is 2.37. The quantitative estimate of drug-likeness (QED) is 0.518. The first-order valence-corrected chi connectivity index (χ1v) is 7.11. The molecular weight excluding hydrogens is 246 g/mol. The average molecular weight is 271 g/mol. The van der Waals surface area contributed by atoms with Crippen molar-refractivity contribution >= 4 is 12.0 Å². The van der Waals surface area contributed by atoms with Gasteiger partial charge in [0.05, 0.1) is 5.92 Å². The fourth-order valence-corrected chi connectivity index (χ4v) is 2.37. The Morgan fingerprint density at radius 2 is 2.05 bits per heavy atom. The molecule has 1 aliphatic carbocycles. The van der Waals surface area contributed by atoms with E-state index in [4.69, 9.17) is 5.11 Å². The predicted octanol–water partition coefficient (Wildman–Crippen LogP) is 0.929. The standard InChI is InChI=1S/C13H25N3O3/c1-2-14-7-4-8-15-13(19)16-11-6-3-5-10(9-11)12(17)18/h10-11,14H,2-9H2,1H3,(H,17,18)(H2,15,16,19). The van der Waals surface area contributed by atoms with Crippen molar-refractivity contribution < 1.29 is 14.7 Å². The topological polar surface area (TPSA) is 90.5 Å². The highest BCUT2D eigenvalue weighted by Crippen LogP contribution is 2.24. The van der Waals surface area contributed by atoms with Gasteiger partial charge in [-0.1, -0.05) is 13.3 Å². The molecule has 6 heteroatoms. The molecule has 1 aliphatic rings. The Kier molecular flexibility index (Phi) is 7.25. The van der Waals surface area contributed by atoms with Crippen LogP contribution in [-0.2, 0) is 4.79 Å². The number of carboxylic acid groups (broad SMARTS) is 1. The van der Waals surface area contributed by atoms with Crippen molar-refractivity contribution in [2.24, 2.45) is 5.92 Å². The molecule has 0 aromatic carbocycles. The van der Waals surface area contributed by atoms with Crippen LogP contribution >= 0.6 is 0 Å². The van der Waals surface area contributed by atoms with Gasteiger partial charge in [0.15, 0.2) is 0 Å². The second-order valence-corrected chi connectivity index (χ2v) is 5.01. The maximum absolute atomic E-state index is 11.6. The van der Waals surface area contributed by atoms with Gasteiger partial charge in [0.25, 0.3) is 0 Å². The molecule has 0 aromatic heterocycles. The molecule has 0 spiro atoms. The van der Waals surface area contributed by atoms with Crippen molar-refractivity contribution in [3.63, 3.8) is 0 Å². The molecule has 0 aliphatic heterocycles. The molecule has 2 unspecified atom stereocenters. The number of carbonyl (C=O) groups excluding carboxylic acids is 1. The number of rotatable bonds is 7. The largest absolute Gasteiger partial charge is 0.481 e. The Labute approximate surface area is 114 Å². The van der Waals surface area contributed by atoms with Gasteiger partial charge in [-0.15, -0.1) is 0 Å². The smallest absolute Gasteiger partial charge is 0.315 e. The first-order valence-electron chi connectivity index (χ1n) is 7.11. The minimum Gasteiger partial charge on any atom is -0.481 e. The van der Waals surface area contributed by atoms with Gasteiger partial charge in [0.1, 0.15) is 0 Å². The van der Waals surface area contributed by atoms with E-state index in [1.165, 1.54) is 0 Å². The molecule has 0 heterocycles. The minimum absolute atomic E-state index is 0.0105. The zero-order valence-corrected chi connectivity index (χ0v) is 11.6. The summed E-state index contributed by atoms with van der Waals surface area (Å²) in [5.74, 6) is -1.06. The summed E-state index contributed by atoms with van der Waals surface area (Å²) >= 11 is 0. The average Bonchev–Trinajstić information content (AvgIpc) is 2.38. The molecule has 4 N–H and O–H groups in total. The first kappa shape index (κ1) is 15.8. The van der Waals surface area contributed by atoms with E-state index in [1.54, 1.807) is 0 Å². The Morgan fingerprint density at radius 3 is 2.74 bits per heavy atom. The lowest BCUT2D eigenvalue weighted by Gasteiger charge is -2.27. The highest BCUT2D eigenvalue weighted by Gasteiger charge is 2.27. The second kappa shape index (κ2) is 8.74. The summed E-state index contributed by atoms with van der Waals surface area (Å²) in [6, 6.07) is -0.198. The van der Waals surface area contributed by atoms with Crippen molar-refractivity contribution in [2.45, 2.75) is 45.1 Å². The van der Waals surface area contributed by atoms with Crippen LogP contribution in [0.2, 0.25) is 0 Å². The summed E-state index contributed by atoms with van der Waals surface area (Å²) in [4.78, 5) is 22.6. The van der Waals surface area contributed by atoms with Crippen molar-refractivity contribution in [1.82, 2.24) is 16.0 Å². The van der Waals surface area contributed by atoms with E-state index in [0.717, 1.165) is 38.8 Å². The number of urea groups is 1. The molecule has 110 valence electrons. The van der Waals surface area contributed by atoms with Crippen molar-refractivity contribution in [2.75, 3.05) is 19.6 Å². The van der Waals surface area contributed by atoms with Crippen LogP contribution in [0, 0.1) is 5.92 Å². The van der Waals surface area contributed by atoms with Crippen molar-refractivity contribution in [3.8, 4) is 0 Å². The summed E-state index contributed by atoms with van der Waals surface area (Å²) in [5, 5.41) is 17.8.